The quantitative estimate of drug-likeness (QED) is 0.661. The Kier molecular flexibility index (Phi) is 5.36. The van der Waals surface area contributed by atoms with Crippen molar-refractivity contribution in [3.8, 4) is 0 Å². The van der Waals surface area contributed by atoms with E-state index in [2.05, 4.69) is 6.92 Å². The molecule has 4 rings (SSSR count). The second kappa shape index (κ2) is 7.71. The van der Waals surface area contributed by atoms with Crippen LogP contribution in [0.1, 0.15) is 25.3 Å². The van der Waals surface area contributed by atoms with Crippen LogP contribution in [0.15, 0.2) is 52.4 Å². The lowest BCUT2D eigenvalue weighted by Gasteiger charge is -2.33. The number of anilines is 2. The SMILES string of the molecule is Cc1ccc(N2C=C(C(=O)N3CCC(C)CC3)S(=O)(=O)c3ccc(Cl)cc32)cc1F. The molecular weight excluding hydrogens is 427 g/mol. The van der Waals surface area contributed by atoms with Crippen LogP contribution < -0.4 is 4.90 Å². The normalized spacial score (nSPS) is 18.7. The van der Waals surface area contributed by atoms with Gasteiger partial charge in [0.05, 0.1) is 10.6 Å². The number of hydrogen-bond acceptors (Lipinski definition) is 4. The van der Waals surface area contributed by atoms with E-state index in [9.17, 15) is 17.6 Å². The molecule has 0 aliphatic carbocycles. The maximum atomic E-state index is 14.3. The average molecular weight is 449 g/mol. The van der Waals surface area contributed by atoms with Gasteiger partial charge in [0.15, 0.2) is 4.91 Å². The number of carbonyl (C=O) groups is 1. The van der Waals surface area contributed by atoms with E-state index in [1.54, 1.807) is 24.0 Å². The topological polar surface area (TPSA) is 57.7 Å². The number of amides is 1. The first kappa shape index (κ1) is 20.9. The van der Waals surface area contributed by atoms with Gasteiger partial charge in [-0.1, -0.05) is 24.6 Å². The Hall–Kier alpha value is -2.38. The van der Waals surface area contributed by atoms with Crippen molar-refractivity contribution in [2.75, 3.05) is 18.0 Å². The van der Waals surface area contributed by atoms with E-state index >= 15 is 0 Å². The molecule has 5 nitrogen and oxygen atoms in total. The van der Waals surface area contributed by atoms with E-state index in [1.165, 1.54) is 35.4 Å². The predicted molar refractivity (Wildman–Crippen MR) is 115 cm³/mol. The van der Waals surface area contributed by atoms with Crippen molar-refractivity contribution in [2.45, 2.75) is 31.6 Å². The number of fused-ring (bicyclic) bond motifs is 1. The fourth-order valence-corrected chi connectivity index (χ4v) is 5.45. The Morgan fingerprint density at radius 2 is 1.83 bits per heavy atom. The van der Waals surface area contributed by atoms with Gasteiger partial charge in [0, 0.05) is 30.0 Å². The number of piperidine rings is 1. The number of halogens is 2. The number of hydrogen-bond donors (Lipinski definition) is 0. The fourth-order valence-electron chi connectivity index (χ4n) is 3.76. The first-order valence-electron chi connectivity index (χ1n) is 9.79. The molecule has 2 aromatic rings. The van der Waals surface area contributed by atoms with Crippen LogP contribution in [0.2, 0.25) is 5.02 Å². The van der Waals surface area contributed by atoms with Crippen LogP contribution in [0, 0.1) is 18.7 Å². The molecule has 1 fully saturated rings. The third kappa shape index (κ3) is 3.61. The number of benzene rings is 2. The van der Waals surface area contributed by atoms with Gasteiger partial charge in [0.25, 0.3) is 5.91 Å². The lowest BCUT2D eigenvalue weighted by atomic mass is 9.99. The first-order chi connectivity index (χ1) is 14.2. The fraction of sp³-hybridized carbons (Fsp3) is 0.318. The second-order valence-corrected chi connectivity index (χ2v) is 10.2. The van der Waals surface area contributed by atoms with Crippen LogP contribution in [-0.4, -0.2) is 32.3 Å². The molecule has 0 radical (unpaired) electrons. The molecule has 0 atom stereocenters. The van der Waals surface area contributed by atoms with Crippen molar-refractivity contribution >= 4 is 38.7 Å². The molecular formula is C22H22ClFN2O3S. The van der Waals surface area contributed by atoms with E-state index in [-0.39, 0.29) is 15.5 Å². The van der Waals surface area contributed by atoms with Gasteiger partial charge in [-0.15, -0.1) is 0 Å². The van der Waals surface area contributed by atoms with Gasteiger partial charge in [-0.2, -0.15) is 0 Å². The number of rotatable bonds is 2. The molecule has 2 heterocycles. The van der Waals surface area contributed by atoms with Crippen molar-refractivity contribution < 1.29 is 17.6 Å². The summed E-state index contributed by atoms with van der Waals surface area (Å²) in [6, 6.07) is 8.98. The Bertz CT molecular complexity index is 1150. The summed E-state index contributed by atoms with van der Waals surface area (Å²) in [4.78, 5) is 16.0. The van der Waals surface area contributed by atoms with Crippen LogP contribution in [-0.2, 0) is 14.6 Å². The smallest absolute Gasteiger partial charge is 0.267 e. The summed E-state index contributed by atoms with van der Waals surface area (Å²) in [5.41, 5.74) is 1.17. The lowest BCUT2D eigenvalue weighted by molar-refractivity contribution is -0.127. The highest BCUT2D eigenvalue weighted by Crippen LogP contribution is 2.41. The Labute approximate surface area is 180 Å². The predicted octanol–water partition coefficient (Wildman–Crippen LogP) is 4.81. The van der Waals surface area contributed by atoms with Gasteiger partial charge in [-0.3, -0.25) is 4.79 Å². The zero-order valence-electron chi connectivity index (χ0n) is 16.7. The molecule has 1 saturated heterocycles. The van der Waals surface area contributed by atoms with Crippen molar-refractivity contribution in [1.82, 2.24) is 4.90 Å². The molecule has 0 bridgehead atoms. The van der Waals surface area contributed by atoms with E-state index in [1.807, 2.05) is 0 Å². The summed E-state index contributed by atoms with van der Waals surface area (Å²) in [6.07, 6.45) is 2.95. The minimum Gasteiger partial charge on any atom is -0.338 e. The zero-order valence-corrected chi connectivity index (χ0v) is 18.3. The van der Waals surface area contributed by atoms with E-state index in [4.69, 9.17) is 11.6 Å². The molecule has 0 saturated carbocycles. The highest BCUT2D eigenvalue weighted by atomic mass is 35.5. The molecule has 158 valence electrons. The molecule has 2 aliphatic rings. The summed E-state index contributed by atoms with van der Waals surface area (Å²) in [7, 11) is -4.05. The minimum atomic E-state index is -4.05. The van der Waals surface area contributed by atoms with Crippen LogP contribution >= 0.6 is 11.6 Å². The number of sulfone groups is 1. The molecule has 0 N–H and O–H groups in total. The highest BCUT2D eigenvalue weighted by molar-refractivity contribution is 7.96. The summed E-state index contributed by atoms with van der Waals surface area (Å²) in [6.45, 7) is 4.79. The van der Waals surface area contributed by atoms with Crippen molar-refractivity contribution in [3.05, 3.63) is 63.9 Å². The molecule has 0 unspecified atom stereocenters. The average Bonchev–Trinajstić information content (AvgIpc) is 2.70. The molecule has 1 amide bonds. The minimum absolute atomic E-state index is 0.0240. The molecule has 30 heavy (non-hydrogen) atoms. The largest absolute Gasteiger partial charge is 0.338 e. The van der Waals surface area contributed by atoms with Crippen molar-refractivity contribution in [2.24, 2.45) is 5.92 Å². The molecule has 8 heteroatoms. The Morgan fingerprint density at radius 1 is 1.13 bits per heavy atom. The zero-order chi connectivity index (χ0) is 21.6. The number of nitrogens with zero attached hydrogens (tertiary/aromatic N) is 2. The van der Waals surface area contributed by atoms with Crippen molar-refractivity contribution in [1.29, 1.82) is 0 Å². The summed E-state index contributed by atoms with van der Waals surface area (Å²) in [5, 5.41) is 0.342. The molecule has 0 aromatic heterocycles. The monoisotopic (exact) mass is 448 g/mol. The Balaban J connectivity index is 1.85. The van der Waals surface area contributed by atoms with E-state index in [0.717, 1.165) is 12.8 Å². The maximum Gasteiger partial charge on any atom is 0.267 e. The van der Waals surface area contributed by atoms with Gasteiger partial charge in [-0.05, 0) is 61.6 Å². The van der Waals surface area contributed by atoms with E-state index in [0.29, 0.717) is 35.3 Å². The third-order valence-corrected chi connectivity index (χ3v) is 7.74. The van der Waals surface area contributed by atoms with Crippen LogP contribution in [0.25, 0.3) is 0 Å². The summed E-state index contributed by atoms with van der Waals surface area (Å²) in [5.74, 6) is -0.447. The summed E-state index contributed by atoms with van der Waals surface area (Å²) < 4.78 is 40.9. The lowest BCUT2D eigenvalue weighted by Crippen LogP contribution is -2.41. The van der Waals surface area contributed by atoms with Crippen LogP contribution in [0.4, 0.5) is 15.8 Å². The van der Waals surface area contributed by atoms with Crippen molar-refractivity contribution in [3.63, 3.8) is 0 Å². The van der Waals surface area contributed by atoms with Gasteiger partial charge < -0.3 is 9.80 Å². The van der Waals surface area contributed by atoms with Gasteiger partial charge in [0.1, 0.15) is 5.82 Å². The van der Waals surface area contributed by atoms with Crippen LogP contribution in [0.3, 0.4) is 0 Å². The number of likely N-dealkylation sites (tertiary alicyclic amines) is 1. The first-order valence-corrected chi connectivity index (χ1v) is 11.7. The highest BCUT2D eigenvalue weighted by Gasteiger charge is 2.38. The van der Waals surface area contributed by atoms with Gasteiger partial charge in [0.2, 0.25) is 9.84 Å². The molecule has 0 spiro atoms. The molecule has 2 aromatic carbocycles. The maximum absolute atomic E-state index is 14.3. The van der Waals surface area contributed by atoms with Gasteiger partial charge in [-0.25, -0.2) is 12.8 Å². The Morgan fingerprint density at radius 3 is 2.50 bits per heavy atom. The molecule has 2 aliphatic heterocycles. The standard InChI is InChI=1S/C22H22ClFN2O3S/c1-14-7-9-25(10-8-14)22(27)21-13-26(17-5-3-15(2)18(24)12-17)19-11-16(23)4-6-20(19)30(21,28)29/h3-6,11-14H,7-10H2,1-2H3. The van der Waals surface area contributed by atoms with Crippen LogP contribution in [0.5, 0.6) is 0 Å². The second-order valence-electron chi connectivity index (χ2n) is 7.89. The number of carbonyl (C=O) groups excluding carboxylic acids is 1. The third-order valence-electron chi connectivity index (χ3n) is 5.72. The number of aryl methyl sites for hydroxylation is 1. The summed E-state index contributed by atoms with van der Waals surface area (Å²) >= 11 is 6.12. The van der Waals surface area contributed by atoms with E-state index < -0.39 is 21.6 Å². The van der Waals surface area contributed by atoms with Gasteiger partial charge >= 0.3 is 0 Å².